The highest BCUT2D eigenvalue weighted by atomic mass is 16.3. The van der Waals surface area contributed by atoms with Crippen molar-refractivity contribution in [1.82, 2.24) is 21.3 Å². The van der Waals surface area contributed by atoms with Crippen molar-refractivity contribution in [3.8, 4) is 0 Å². The first-order valence-corrected chi connectivity index (χ1v) is 13.1. The summed E-state index contributed by atoms with van der Waals surface area (Å²) in [6.45, 7) is 5.77. The third-order valence-electron chi connectivity index (χ3n) is 5.79. The van der Waals surface area contributed by atoms with E-state index in [0.29, 0.717) is 25.8 Å². The second kappa shape index (κ2) is 18.3. The van der Waals surface area contributed by atoms with Gasteiger partial charge in [-0.05, 0) is 46.0 Å². The van der Waals surface area contributed by atoms with Gasteiger partial charge in [0.25, 0.3) is 0 Å². The normalized spacial score (nSPS) is 21.2. The van der Waals surface area contributed by atoms with E-state index in [1.807, 2.05) is 6.08 Å². The molecule has 1 aliphatic rings. The molecule has 4 atom stereocenters. The summed E-state index contributed by atoms with van der Waals surface area (Å²) in [6.07, 6.45) is 17.0. The molecule has 1 heterocycles. The number of carbonyl (C=O) groups excluding carboxylic acids is 4. The van der Waals surface area contributed by atoms with E-state index in [2.05, 4.69) is 28.2 Å². The van der Waals surface area contributed by atoms with Crippen LogP contribution in [-0.4, -0.2) is 59.5 Å². The second-order valence-electron chi connectivity index (χ2n) is 9.22. The summed E-state index contributed by atoms with van der Waals surface area (Å²) < 4.78 is 0. The molecule has 0 radical (unpaired) electrons. The van der Waals surface area contributed by atoms with Gasteiger partial charge in [-0.3, -0.25) is 19.2 Å². The van der Waals surface area contributed by atoms with Gasteiger partial charge in [-0.15, -0.1) is 0 Å². The Labute approximate surface area is 215 Å². The van der Waals surface area contributed by atoms with E-state index in [4.69, 9.17) is 0 Å². The summed E-state index contributed by atoms with van der Waals surface area (Å²) in [5.41, 5.74) is 0. The highest BCUT2D eigenvalue weighted by Crippen LogP contribution is 2.06. The van der Waals surface area contributed by atoms with Crippen LogP contribution in [0.2, 0.25) is 0 Å². The molecule has 0 aromatic rings. The van der Waals surface area contributed by atoms with Gasteiger partial charge in [-0.25, -0.2) is 0 Å². The molecule has 0 spiro atoms. The average Bonchev–Trinajstić information content (AvgIpc) is 2.83. The highest BCUT2D eigenvalue weighted by Gasteiger charge is 2.29. The minimum atomic E-state index is -1.21. The summed E-state index contributed by atoms with van der Waals surface area (Å²) in [5.74, 6) is -1.76. The quantitative estimate of drug-likeness (QED) is 0.158. The van der Waals surface area contributed by atoms with E-state index in [0.717, 1.165) is 12.8 Å². The van der Waals surface area contributed by atoms with Crippen LogP contribution in [0.1, 0.15) is 78.6 Å². The molecular formula is C27H44N4O5. The summed E-state index contributed by atoms with van der Waals surface area (Å²) in [5, 5.41) is 20.8. The van der Waals surface area contributed by atoms with E-state index in [1.54, 1.807) is 25.2 Å². The van der Waals surface area contributed by atoms with Gasteiger partial charge in [0.15, 0.2) is 0 Å². The van der Waals surface area contributed by atoms with E-state index in [1.165, 1.54) is 44.8 Å². The Morgan fingerprint density at radius 2 is 1.92 bits per heavy atom. The van der Waals surface area contributed by atoms with Crippen molar-refractivity contribution in [2.24, 2.45) is 0 Å². The zero-order valence-electron chi connectivity index (χ0n) is 21.9. The van der Waals surface area contributed by atoms with Gasteiger partial charge in [0, 0.05) is 24.7 Å². The molecule has 1 rings (SSSR count). The molecule has 36 heavy (non-hydrogen) atoms. The lowest BCUT2D eigenvalue weighted by molar-refractivity contribution is -0.133. The zero-order chi connectivity index (χ0) is 26.8. The molecule has 0 bridgehead atoms. The predicted molar refractivity (Wildman–Crippen MR) is 141 cm³/mol. The number of nitrogens with one attached hydrogen (secondary N) is 4. The largest absolute Gasteiger partial charge is 0.391 e. The Balaban J connectivity index is 2.66. The van der Waals surface area contributed by atoms with Gasteiger partial charge in [-0.1, -0.05) is 56.9 Å². The van der Waals surface area contributed by atoms with Crippen LogP contribution in [0.5, 0.6) is 0 Å². The number of hydrogen-bond donors (Lipinski definition) is 5. The molecule has 9 heteroatoms. The first kappa shape index (κ1) is 31.1. The van der Waals surface area contributed by atoms with Gasteiger partial charge < -0.3 is 26.4 Å². The smallest absolute Gasteiger partial charge is 0.245 e. The van der Waals surface area contributed by atoms with Crippen LogP contribution >= 0.6 is 0 Å². The van der Waals surface area contributed by atoms with Crippen molar-refractivity contribution in [1.29, 1.82) is 0 Å². The molecule has 0 aromatic heterocycles. The van der Waals surface area contributed by atoms with Gasteiger partial charge in [0.05, 0.1) is 6.10 Å². The van der Waals surface area contributed by atoms with E-state index in [-0.39, 0.29) is 5.91 Å². The molecule has 4 unspecified atom stereocenters. The van der Waals surface area contributed by atoms with Gasteiger partial charge in [0.1, 0.15) is 12.1 Å². The molecule has 5 N–H and O–H groups in total. The number of allylic oxidation sites excluding steroid dienone is 3. The Morgan fingerprint density at radius 1 is 1.17 bits per heavy atom. The summed E-state index contributed by atoms with van der Waals surface area (Å²) in [4.78, 5) is 49.6. The van der Waals surface area contributed by atoms with Crippen LogP contribution in [-0.2, 0) is 19.2 Å². The van der Waals surface area contributed by atoms with Crippen molar-refractivity contribution in [2.45, 2.75) is 103 Å². The SMILES string of the molecule is CCCCCCCC=CC=CC(=O)NC(C(=O)NC1CCCCNC(=O)C=CC(C)NC1=O)C(C)O. The molecule has 0 aliphatic carbocycles. The monoisotopic (exact) mass is 504 g/mol. The fourth-order valence-electron chi connectivity index (χ4n) is 3.67. The van der Waals surface area contributed by atoms with E-state index >= 15 is 0 Å². The fourth-order valence-corrected chi connectivity index (χ4v) is 3.67. The summed E-state index contributed by atoms with van der Waals surface area (Å²) in [6, 6.07) is -2.46. The minimum absolute atomic E-state index is 0.219. The van der Waals surface area contributed by atoms with Crippen molar-refractivity contribution in [2.75, 3.05) is 6.54 Å². The topological polar surface area (TPSA) is 137 Å². The van der Waals surface area contributed by atoms with E-state index in [9.17, 15) is 24.3 Å². The van der Waals surface area contributed by atoms with Crippen LogP contribution in [0.25, 0.3) is 0 Å². The fraction of sp³-hybridized carbons (Fsp3) is 0.630. The highest BCUT2D eigenvalue weighted by molar-refractivity contribution is 5.95. The van der Waals surface area contributed by atoms with Crippen molar-refractivity contribution >= 4 is 23.6 Å². The first-order valence-electron chi connectivity index (χ1n) is 13.1. The average molecular weight is 505 g/mol. The van der Waals surface area contributed by atoms with Crippen LogP contribution in [0, 0.1) is 0 Å². The third kappa shape index (κ3) is 13.8. The molecule has 4 amide bonds. The minimum Gasteiger partial charge on any atom is -0.391 e. The van der Waals surface area contributed by atoms with Crippen molar-refractivity contribution in [3.63, 3.8) is 0 Å². The van der Waals surface area contributed by atoms with Gasteiger partial charge in [-0.2, -0.15) is 0 Å². The number of aliphatic hydroxyl groups excluding tert-OH is 1. The number of unbranched alkanes of at least 4 members (excludes halogenated alkanes) is 5. The lowest BCUT2D eigenvalue weighted by Gasteiger charge is -2.25. The molecule has 9 nitrogen and oxygen atoms in total. The lowest BCUT2D eigenvalue weighted by atomic mass is 10.1. The number of rotatable bonds is 12. The molecule has 0 saturated heterocycles. The van der Waals surface area contributed by atoms with Crippen LogP contribution < -0.4 is 21.3 Å². The Morgan fingerprint density at radius 3 is 2.64 bits per heavy atom. The second-order valence-corrected chi connectivity index (χ2v) is 9.22. The van der Waals surface area contributed by atoms with Gasteiger partial charge in [0.2, 0.25) is 23.6 Å². The molecular weight excluding hydrogens is 460 g/mol. The van der Waals surface area contributed by atoms with Crippen LogP contribution in [0.3, 0.4) is 0 Å². The maximum atomic E-state index is 12.9. The van der Waals surface area contributed by atoms with Gasteiger partial charge >= 0.3 is 0 Å². The number of amides is 4. The zero-order valence-corrected chi connectivity index (χ0v) is 21.9. The molecule has 202 valence electrons. The number of carbonyl (C=O) groups is 4. The Kier molecular flexibility index (Phi) is 15.8. The Bertz CT molecular complexity index is 791. The first-order chi connectivity index (χ1) is 17.2. The van der Waals surface area contributed by atoms with Crippen molar-refractivity contribution in [3.05, 3.63) is 36.5 Å². The van der Waals surface area contributed by atoms with Crippen LogP contribution in [0.15, 0.2) is 36.5 Å². The summed E-state index contributed by atoms with van der Waals surface area (Å²) >= 11 is 0. The molecule has 0 aromatic carbocycles. The Hall–Kier alpha value is -2.94. The maximum absolute atomic E-state index is 12.9. The third-order valence-corrected chi connectivity index (χ3v) is 5.79. The van der Waals surface area contributed by atoms with Crippen LogP contribution in [0.4, 0.5) is 0 Å². The van der Waals surface area contributed by atoms with E-state index < -0.39 is 42.0 Å². The predicted octanol–water partition coefficient (Wildman–Crippen LogP) is 2.17. The van der Waals surface area contributed by atoms with Crippen molar-refractivity contribution < 1.29 is 24.3 Å². The molecule has 0 saturated carbocycles. The maximum Gasteiger partial charge on any atom is 0.245 e. The molecule has 0 fully saturated rings. The summed E-state index contributed by atoms with van der Waals surface area (Å²) in [7, 11) is 0. The lowest BCUT2D eigenvalue weighted by Crippen LogP contribution is -2.57. The number of aliphatic hydroxyl groups is 1. The standard InChI is InChI=1S/C27H44N4O5/c1-4-5-6-7-8-9-10-11-12-16-24(34)31-25(21(3)32)27(36)30-22-15-13-14-19-28-23(33)18-17-20(2)29-26(22)35/h10-12,16-18,20-22,25,32H,4-9,13-15,19H2,1-3H3,(H,28,33)(H,29,35)(H,30,36)(H,31,34). The number of hydrogen-bond acceptors (Lipinski definition) is 5. The molecule has 1 aliphatic heterocycles.